The van der Waals surface area contributed by atoms with E-state index < -0.39 is 0 Å². The Kier molecular flexibility index (Phi) is 3.27. The Hall–Kier alpha value is -2.40. The van der Waals surface area contributed by atoms with Gasteiger partial charge in [0.15, 0.2) is 5.13 Å². The van der Waals surface area contributed by atoms with E-state index >= 15 is 0 Å². The zero-order valence-electron chi connectivity index (χ0n) is 12.0. The van der Waals surface area contributed by atoms with Crippen molar-refractivity contribution in [1.29, 1.82) is 0 Å². The van der Waals surface area contributed by atoms with E-state index in [1.54, 1.807) is 0 Å². The number of fused-ring (bicyclic) bond motifs is 1. The number of thiazole rings is 1. The fourth-order valence-electron chi connectivity index (χ4n) is 2.77. The maximum Gasteiger partial charge on any atom is 0.273 e. The van der Waals surface area contributed by atoms with E-state index in [2.05, 4.69) is 23.2 Å². The van der Waals surface area contributed by atoms with Gasteiger partial charge in [0.2, 0.25) is 0 Å². The van der Waals surface area contributed by atoms with Gasteiger partial charge in [-0.15, -0.1) is 11.3 Å². The number of amides is 1. The molecule has 0 spiro atoms. The van der Waals surface area contributed by atoms with Crippen molar-refractivity contribution < 1.29 is 4.79 Å². The van der Waals surface area contributed by atoms with E-state index in [0.29, 0.717) is 12.2 Å². The van der Waals surface area contributed by atoms with E-state index in [-0.39, 0.29) is 5.91 Å². The molecule has 2 aromatic heterocycles. The van der Waals surface area contributed by atoms with Crippen LogP contribution in [0.4, 0.5) is 0 Å². The van der Waals surface area contributed by atoms with Crippen molar-refractivity contribution >= 4 is 17.2 Å². The maximum atomic E-state index is 12.7. The van der Waals surface area contributed by atoms with E-state index in [0.717, 1.165) is 18.1 Å². The van der Waals surface area contributed by atoms with Crippen LogP contribution in [0.2, 0.25) is 0 Å². The second-order valence-corrected chi connectivity index (χ2v) is 6.19. The van der Waals surface area contributed by atoms with Crippen LogP contribution in [0, 0.1) is 0 Å². The third kappa shape index (κ3) is 2.33. The Morgan fingerprint density at radius 3 is 2.68 bits per heavy atom. The number of hydrogen-bond donors (Lipinski definition) is 0. The highest BCUT2D eigenvalue weighted by molar-refractivity contribution is 7.12. The van der Waals surface area contributed by atoms with Crippen molar-refractivity contribution in [3.05, 3.63) is 71.0 Å². The Labute approximate surface area is 132 Å². The third-order valence-electron chi connectivity index (χ3n) is 3.95. The van der Waals surface area contributed by atoms with Crippen LogP contribution in [0.5, 0.6) is 0 Å². The van der Waals surface area contributed by atoms with Crippen LogP contribution in [-0.2, 0) is 13.0 Å². The highest BCUT2D eigenvalue weighted by atomic mass is 32.1. The highest BCUT2D eigenvalue weighted by Gasteiger charge is 2.23. The first-order valence-corrected chi connectivity index (χ1v) is 8.14. The van der Waals surface area contributed by atoms with Crippen LogP contribution in [-0.4, -0.2) is 26.9 Å². The molecule has 1 aliphatic rings. The predicted molar refractivity (Wildman–Crippen MR) is 86.3 cm³/mol. The molecule has 0 radical (unpaired) electrons. The first-order valence-electron chi connectivity index (χ1n) is 7.26. The molecule has 4 rings (SSSR count). The zero-order valence-corrected chi connectivity index (χ0v) is 12.8. The summed E-state index contributed by atoms with van der Waals surface area (Å²) in [5.41, 5.74) is 3.12. The summed E-state index contributed by atoms with van der Waals surface area (Å²) in [5.74, 6) is 0.0177. The van der Waals surface area contributed by atoms with Crippen molar-refractivity contribution in [3.63, 3.8) is 0 Å². The normalized spacial score (nSPS) is 13.9. The lowest BCUT2D eigenvalue weighted by molar-refractivity contribution is 0.0729. The van der Waals surface area contributed by atoms with E-state index in [1.165, 1.54) is 22.5 Å². The molecule has 22 heavy (non-hydrogen) atoms. The average molecular weight is 309 g/mol. The van der Waals surface area contributed by atoms with Crippen molar-refractivity contribution in [3.8, 4) is 5.13 Å². The Bertz CT molecular complexity index is 807. The van der Waals surface area contributed by atoms with Gasteiger partial charge >= 0.3 is 0 Å². The molecule has 1 aliphatic heterocycles. The molecular weight excluding hydrogens is 294 g/mol. The number of carbonyl (C=O) groups is 1. The van der Waals surface area contributed by atoms with Crippen molar-refractivity contribution in [1.82, 2.24) is 14.5 Å². The van der Waals surface area contributed by atoms with Crippen LogP contribution in [0.3, 0.4) is 0 Å². The first-order chi connectivity index (χ1) is 10.8. The van der Waals surface area contributed by atoms with Gasteiger partial charge in [-0.25, -0.2) is 4.98 Å². The second-order valence-electron chi connectivity index (χ2n) is 5.35. The summed E-state index contributed by atoms with van der Waals surface area (Å²) >= 11 is 1.49. The van der Waals surface area contributed by atoms with Crippen LogP contribution in [0.25, 0.3) is 5.13 Å². The number of rotatable bonds is 2. The van der Waals surface area contributed by atoms with E-state index in [9.17, 15) is 4.79 Å². The molecule has 0 N–H and O–H groups in total. The molecule has 1 amide bonds. The molecule has 0 fully saturated rings. The first kappa shape index (κ1) is 13.3. The fourth-order valence-corrected chi connectivity index (χ4v) is 3.54. The van der Waals surface area contributed by atoms with E-state index in [1.807, 2.05) is 45.4 Å². The summed E-state index contributed by atoms with van der Waals surface area (Å²) < 4.78 is 1.92. The van der Waals surface area contributed by atoms with Crippen LogP contribution < -0.4 is 0 Å². The van der Waals surface area contributed by atoms with Gasteiger partial charge < -0.3 is 9.47 Å². The standard InChI is InChI=1S/C17H15N3OS/c21-16(15-12-22-17(18-15)19-8-3-4-9-19)20-10-7-13-5-1-2-6-14(13)11-20/h1-6,8-9,12H,7,10-11H2. The zero-order chi connectivity index (χ0) is 14.9. The molecule has 4 nitrogen and oxygen atoms in total. The van der Waals surface area contributed by atoms with Gasteiger partial charge in [-0.05, 0) is 29.7 Å². The van der Waals surface area contributed by atoms with Gasteiger partial charge in [0.25, 0.3) is 5.91 Å². The molecular formula is C17H15N3OS. The molecule has 0 saturated carbocycles. The summed E-state index contributed by atoms with van der Waals surface area (Å²) in [5, 5.41) is 2.67. The van der Waals surface area contributed by atoms with Crippen molar-refractivity contribution in [2.24, 2.45) is 0 Å². The number of nitrogens with zero attached hydrogens (tertiary/aromatic N) is 3. The topological polar surface area (TPSA) is 38.1 Å². The number of hydrogen-bond acceptors (Lipinski definition) is 3. The minimum absolute atomic E-state index is 0.0177. The average Bonchev–Trinajstić information content (AvgIpc) is 3.24. The molecule has 5 heteroatoms. The molecule has 3 heterocycles. The summed E-state index contributed by atoms with van der Waals surface area (Å²) in [4.78, 5) is 19.0. The number of carbonyl (C=O) groups excluding carboxylic acids is 1. The third-order valence-corrected chi connectivity index (χ3v) is 4.81. The Morgan fingerprint density at radius 1 is 1.09 bits per heavy atom. The van der Waals surface area contributed by atoms with Crippen LogP contribution >= 0.6 is 11.3 Å². The summed E-state index contributed by atoms with van der Waals surface area (Å²) in [6.45, 7) is 1.43. The van der Waals surface area contributed by atoms with Gasteiger partial charge in [0.05, 0.1) is 0 Å². The summed E-state index contributed by atoms with van der Waals surface area (Å²) in [6, 6.07) is 12.2. The summed E-state index contributed by atoms with van der Waals surface area (Å²) in [7, 11) is 0. The quantitative estimate of drug-likeness (QED) is 0.729. The maximum absolute atomic E-state index is 12.7. The molecule has 0 aliphatic carbocycles. The monoisotopic (exact) mass is 309 g/mol. The van der Waals surface area contributed by atoms with Gasteiger partial charge in [0.1, 0.15) is 5.69 Å². The molecule has 0 bridgehead atoms. The molecule has 1 aromatic carbocycles. The molecule has 3 aromatic rings. The lowest BCUT2D eigenvalue weighted by Gasteiger charge is -2.28. The Balaban J connectivity index is 1.56. The van der Waals surface area contributed by atoms with Crippen LogP contribution in [0.1, 0.15) is 21.6 Å². The van der Waals surface area contributed by atoms with Gasteiger partial charge in [-0.3, -0.25) is 4.79 Å². The summed E-state index contributed by atoms with van der Waals surface area (Å²) in [6.07, 6.45) is 4.78. The van der Waals surface area contributed by atoms with Gasteiger partial charge in [-0.1, -0.05) is 24.3 Å². The highest BCUT2D eigenvalue weighted by Crippen LogP contribution is 2.22. The SMILES string of the molecule is O=C(c1csc(-n2cccc2)n1)N1CCc2ccccc2C1. The molecule has 110 valence electrons. The Morgan fingerprint density at radius 2 is 1.86 bits per heavy atom. The van der Waals surface area contributed by atoms with Crippen LogP contribution in [0.15, 0.2) is 54.2 Å². The van der Waals surface area contributed by atoms with Gasteiger partial charge in [-0.2, -0.15) is 0 Å². The lowest BCUT2D eigenvalue weighted by Crippen LogP contribution is -2.36. The minimum atomic E-state index is 0.0177. The predicted octanol–water partition coefficient (Wildman–Crippen LogP) is 3.13. The molecule has 0 saturated heterocycles. The lowest BCUT2D eigenvalue weighted by atomic mass is 10.00. The van der Waals surface area contributed by atoms with E-state index in [4.69, 9.17) is 0 Å². The largest absolute Gasteiger partial charge is 0.333 e. The minimum Gasteiger partial charge on any atom is -0.333 e. The van der Waals surface area contributed by atoms with Crippen molar-refractivity contribution in [2.45, 2.75) is 13.0 Å². The number of aromatic nitrogens is 2. The van der Waals surface area contributed by atoms with Crippen molar-refractivity contribution in [2.75, 3.05) is 6.54 Å². The molecule has 0 atom stereocenters. The fraction of sp³-hybridized carbons (Fsp3) is 0.176. The second kappa shape index (κ2) is 5.42. The van der Waals surface area contributed by atoms with Gasteiger partial charge in [0, 0.05) is 30.9 Å². The number of benzene rings is 1. The molecule has 0 unspecified atom stereocenters. The smallest absolute Gasteiger partial charge is 0.273 e.